The summed E-state index contributed by atoms with van der Waals surface area (Å²) in [5.41, 5.74) is 1.20. The third-order valence-corrected chi connectivity index (χ3v) is 7.36. The number of benzene rings is 1. The van der Waals surface area contributed by atoms with Crippen LogP contribution in [-0.4, -0.2) is 42.9 Å². The summed E-state index contributed by atoms with van der Waals surface area (Å²) in [7, 11) is 0. The number of nitrogens with one attached hydrogen (secondary N) is 3. The lowest BCUT2D eigenvalue weighted by molar-refractivity contribution is -0.120. The summed E-state index contributed by atoms with van der Waals surface area (Å²) < 4.78 is 7.87. The largest absolute Gasteiger partial charge is 0.492 e. The number of thioether (sulfide) groups is 1. The number of ketones is 1. The molecule has 0 saturated carbocycles. The highest BCUT2D eigenvalue weighted by atomic mass is 79.9. The molecular weight excluding hydrogens is 494 g/mol. The Balaban J connectivity index is 1.22. The Morgan fingerprint density at radius 1 is 1.26 bits per heavy atom. The van der Waals surface area contributed by atoms with E-state index in [4.69, 9.17) is 4.74 Å². The number of carbonyl (C=O) groups is 1. The highest BCUT2D eigenvalue weighted by Gasteiger charge is 2.37. The van der Waals surface area contributed by atoms with Gasteiger partial charge in [0, 0.05) is 35.0 Å². The summed E-state index contributed by atoms with van der Waals surface area (Å²) in [5.74, 6) is 1.29. The summed E-state index contributed by atoms with van der Waals surface area (Å²) in [6.45, 7) is 2.53. The summed E-state index contributed by atoms with van der Waals surface area (Å²) in [6.07, 6.45) is 4.72. The van der Waals surface area contributed by atoms with Crippen molar-refractivity contribution in [2.45, 2.75) is 42.8 Å². The normalized spacial score (nSPS) is 29.3. The number of hydrogen-bond acceptors (Lipinski definition) is 6. The van der Waals surface area contributed by atoms with E-state index < -0.39 is 0 Å². The second-order valence-corrected chi connectivity index (χ2v) is 9.88. The van der Waals surface area contributed by atoms with E-state index in [1.807, 2.05) is 11.5 Å². The molecule has 146 valence electrons. The molecule has 0 aliphatic carbocycles. The fourth-order valence-corrected chi connectivity index (χ4v) is 6.23. The number of hydrogen-bond donors (Lipinski definition) is 3. The topological polar surface area (TPSA) is 62.4 Å². The Morgan fingerprint density at radius 2 is 2.11 bits per heavy atom. The van der Waals surface area contributed by atoms with Gasteiger partial charge >= 0.3 is 0 Å². The molecule has 5 nitrogen and oxygen atoms in total. The molecule has 3 heterocycles. The molecule has 3 aliphatic rings. The van der Waals surface area contributed by atoms with E-state index in [0.717, 1.165) is 47.2 Å². The van der Waals surface area contributed by atoms with Crippen LogP contribution < -0.4 is 20.7 Å². The number of halogens is 2. The fourth-order valence-electron chi connectivity index (χ4n) is 3.84. The lowest BCUT2D eigenvalue weighted by Crippen LogP contribution is -2.57. The maximum absolute atomic E-state index is 12.2. The van der Waals surface area contributed by atoms with Crippen molar-refractivity contribution < 1.29 is 9.53 Å². The molecular formula is C19H23Br2N3O2S. The molecule has 0 amide bonds. The van der Waals surface area contributed by atoms with E-state index in [1.165, 1.54) is 5.56 Å². The second kappa shape index (κ2) is 8.97. The molecule has 4 atom stereocenters. The average Bonchev–Trinajstić information content (AvgIpc) is 3.11. The van der Waals surface area contributed by atoms with Crippen molar-refractivity contribution >= 4 is 49.4 Å². The zero-order valence-corrected chi connectivity index (χ0v) is 18.8. The van der Waals surface area contributed by atoms with Gasteiger partial charge in [0.05, 0.1) is 22.5 Å². The van der Waals surface area contributed by atoms with Gasteiger partial charge in [0.1, 0.15) is 5.75 Å². The summed E-state index contributed by atoms with van der Waals surface area (Å²) in [6, 6.07) is 4.64. The lowest BCUT2D eigenvalue weighted by atomic mass is 10.0. The summed E-state index contributed by atoms with van der Waals surface area (Å²) >= 11 is 8.79. The van der Waals surface area contributed by atoms with E-state index in [1.54, 1.807) is 11.8 Å². The van der Waals surface area contributed by atoms with Crippen LogP contribution in [-0.2, 0) is 4.79 Å². The highest BCUT2D eigenvalue weighted by Crippen LogP contribution is 2.40. The SMILES string of the molecule is O=C1CC(NCCCNC2CCOc3c(Br)cc(Br)cc32)NC2C=CSC12. The molecule has 3 N–H and O–H groups in total. The minimum absolute atomic E-state index is 0.0805. The van der Waals surface area contributed by atoms with Gasteiger partial charge in [-0.15, -0.1) is 11.8 Å². The summed E-state index contributed by atoms with van der Waals surface area (Å²) in [5, 5.41) is 12.8. The molecule has 4 unspecified atom stereocenters. The van der Waals surface area contributed by atoms with Crippen molar-refractivity contribution in [2.24, 2.45) is 0 Å². The number of Topliss-reactive ketones (excluding diaryl/α,β-unsaturated/α-hetero) is 1. The fraction of sp³-hybridized carbons (Fsp3) is 0.526. The maximum Gasteiger partial charge on any atom is 0.150 e. The first-order chi connectivity index (χ1) is 13.1. The molecule has 0 radical (unpaired) electrons. The standard InChI is InChI=1S/C19H23Br2N3O2S/c20-11-8-12-14(2-6-26-18(12)13(21)9-11)22-4-1-5-23-17-10-16(25)19-15(24-17)3-7-27-19/h3,7-9,14-15,17,19,22-24H,1-2,4-6,10H2. The van der Waals surface area contributed by atoms with Crippen molar-refractivity contribution in [1.82, 2.24) is 16.0 Å². The second-order valence-electron chi connectivity index (χ2n) is 7.06. The molecule has 1 aromatic rings. The predicted molar refractivity (Wildman–Crippen MR) is 116 cm³/mol. The van der Waals surface area contributed by atoms with E-state index in [-0.39, 0.29) is 17.5 Å². The van der Waals surface area contributed by atoms with Gasteiger partial charge < -0.3 is 15.4 Å². The van der Waals surface area contributed by atoms with E-state index in [9.17, 15) is 4.79 Å². The van der Waals surface area contributed by atoms with Crippen molar-refractivity contribution in [3.63, 3.8) is 0 Å². The van der Waals surface area contributed by atoms with Gasteiger partial charge in [-0.3, -0.25) is 10.1 Å². The first-order valence-corrected chi connectivity index (χ1v) is 11.8. The van der Waals surface area contributed by atoms with Crippen LogP contribution in [0.25, 0.3) is 0 Å². The van der Waals surface area contributed by atoms with Crippen LogP contribution in [0.4, 0.5) is 0 Å². The van der Waals surface area contributed by atoms with E-state index in [2.05, 4.69) is 60.0 Å². The minimum atomic E-state index is 0.0805. The van der Waals surface area contributed by atoms with E-state index in [0.29, 0.717) is 18.2 Å². The Bertz CT molecular complexity index is 746. The third-order valence-electron chi connectivity index (χ3n) is 5.15. The van der Waals surface area contributed by atoms with Gasteiger partial charge in [-0.05, 0) is 53.0 Å². The van der Waals surface area contributed by atoms with Crippen molar-refractivity contribution in [1.29, 1.82) is 0 Å². The zero-order chi connectivity index (χ0) is 18.8. The molecule has 8 heteroatoms. The van der Waals surface area contributed by atoms with Crippen LogP contribution in [0, 0.1) is 0 Å². The lowest BCUT2D eigenvalue weighted by Gasteiger charge is -2.32. The molecule has 1 saturated heterocycles. The van der Waals surface area contributed by atoms with Gasteiger partial charge in [0.25, 0.3) is 0 Å². The predicted octanol–water partition coefficient (Wildman–Crippen LogP) is 3.49. The van der Waals surface area contributed by atoms with Gasteiger partial charge in [-0.1, -0.05) is 22.0 Å². The van der Waals surface area contributed by atoms with Crippen LogP contribution >= 0.6 is 43.6 Å². The van der Waals surface area contributed by atoms with Crippen LogP contribution in [0.3, 0.4) is 0 Å². The van der Waals surface area contributed by atoms with Gasteiger partial charge in [-0.2, -0.15) is 0 Å². The third kappa shape index (κ3) is 4.62. The monoisotopic (exact) mass is 515 g/mol. The van der Waals surface area contributed by atoms with Crippen LogP contribution in [0.1, 0.15) is 30.9 Å². The molecule has 3 aliphatic heterocycles. The molecule has 1 fully saturated rings. The first-order valence-electron chi connectivity index (χ1n) is 9.31. The minimum Gasteiger partial charge on any atom is -0.492 e. The Morgan fingerprint density at radius 3 is 3.00 bits per heavy atom. The van der Waals surface area contributed by atoms with Gasteiger partial charge in [0.2, 0.25) is 0 Å². The number of fused-ring (bicyclic) bond motifs is 2. The molecule has 4 rings (SSSR count). The maximum atomic E-state index is 12.2. The van der Waals surface area contributed by atoms with Gasteiger partial charge in [-0.25, -0.2) is 0 Å². The first kappa shape index (κ1) is 19.9. The quantitative estimate of drug-likeness (QED) is 0.503. The zero-order valence-electron chi connectivity index (χ0n) is 14.8. The molecule has 0 aromatic heterocycles. The number of carbonyl (C=O) groups excluding carboxylic acids is 1. The highest BCUT2D eigenvalue weighted by molar-refractivity contribution is 9.11. The Hall–Kier alpha value is -0.380. The Kier molecular flexibility index (Phi) is 6.61. The number of rotatable bonds is 6. The summed E-state index contributed by atoms with van der Waals surface area (Å²) in [4.78, 5) is 12.2. The smallest absolute Gasteiger partial charge is 0.150 e. The van der Waals surface area contributed by atoms with Crippen LogP contribution in [0.2, 0.25) is 0 Å². The number of ether oxygens (including phenoxy) is 1. The Labute approximate surface area is 180 Å². The van der Waals surface area contributed by atoms with Crippen molar-refractivity contribution in [3.8, 4) is 5.75 Å². The molecule has 1 aromatic carbocycles. The molecule has 0 bridgehead atoms. The van der Waals surface area contributed by atoms with Crippen LogP contribution in [0.5, 0.6) is 5.75 Å². The van der Waals surface area contributed by atoms with Crippen molar-refractivity contribution in [2.75, 3.05) is 19.7 Å². The van der Waals surface area contributed by atoms with Crippen LogP contribution in [0.15, 0.2) is 32.6 Å². The number of piperidine rings is 1. The average molecular weight is 517 g/mol. The van der Waals surface area contributed by atoms with Crippen molar-refractivity contribution in [3.05, 3.63) is 38.1 Å². The van der Waals surface area contributed by atoms with E-state index >= 15 is 0 Å². The molecule has 0 spiro atoms. The molecule has 27 heavy (non-hydrogen) atoms. The van der Waals surface area contributed by atoms with Gasteiger partial charge in [0.15, 0.2) is 5.78 Å².